The average Bonchev–Trinajstić information content (AvgIpc) is 2.80. The maximum atomic E-state index is 5.83. The standard InChI is InChI=1S/C12H14BrNO/c13-10-1-3-11(4-2-10)15-8-12-5-9(12)6-14-7-12/h1-4,9,14H,5-8H2. The van der Waals surface area contributed by atoms with E-state index in [1.807, 2.05) is 24.3 Å². The van der Waals surface area contributed by atoms with E-state index >= 15 is 0 Å². The van der Waals surface area contributed by atoms with Crippen molar-refractivity contribution in [2.75, 3.05) is 19.7 Å². The van der Waals surface area contributed by atoms with Crippen molar-refractivity contribution in [2.24, 2.45) is 11.3 Å². The highest BCUT2D eigenvalue weighted by Gasteiger charge is 2.57. The lowest BCUT2D eigenvalue weighted by Crippen LogP contribution is -2.21. The van der Waals surface area contributed by atoms with Gasteiger partial charge in [-0.1, -0.05) is 15.9 Å². The third-order valence-electron chi connectivity index (χ3n) is 3.57. The van der Waals surface area contributed by atoms with Gasteiger partial charge in [0.25, 0.3) is 0 Å². The molecule has 1 heterocycles. The molecule has 0 spiro atoms. The van der Waals surface area contributed by atoms with Crippen LogP contribution in [0.3, 0.4) is 0 Å². The molecule has 1 saturated heterocycles. The molecule has 1 aromatic carbocycles. The molecule has 0 bridgehead atoms. The molecule has 1 N–H and O–H groups in total. The number of hydrogen-bond donors (Lipinski definition) is 1. The van der Waals surface area contributed by atoms with Crippen molar-refractivity contribution < 1.29 is 4.74 Å². The number of benzene rings is 1. The number of nitrogens with one attached hydrogen (secondary N) is 1. The third kappa shape index (κ3) is 1.79. The Labute approximate surface area is 98.1 Å². The van der Waals surface area contributed by atoms with Crippen LogP contribution in [0.5, 0.6) is 5.75 Å². The van der Waals surface area contributed by atoms with Gasteiger partial charge in [0.1, 0.15) is 5.75 Å². The molecule has 2 nitrogen and oxygen atoms in total. The molecular weight excluding hydrogens is 254 g/mol. The number of fused-ring (bicyclic) bond motifs is 1. The molecule has 2 atom stereocenters. The summed E-state index contributed by atoms with van der Waals surface area (Å²) >= 11 is 3.42. The summed E-state index contributed by atoms with van der Waals surface area (Å²) in [5.41, 5.74) is 0.465. The van der Waals surface area contributed by atoms with Crippen molar-refractivity contribution >= 4 is 15.9 Å². The van der Waals surface area contributed by atoms with Crippen LogP contribution in [0.15, 0.2) is 28.7 Å². The summed E-state index contributed by atoms with van der Waals surface area (Å²) < 4.78 is 6.93. The molecule has 0 aromatic heterocycles. The molecule has 1 aliphatic carbocycles. The molecule has 1 saturated carbocycles. The van der Waals surface area contributed by atoms with E-state index < -0.39 is 0 Å². The van der Waals surface area contributed by atoms with Crippen molar-refractivity contribution in [3.63, 3.8) is 0 Å². The lowest BCUT2D eigenvalue weighted by atomic mass is 10.1. The molecule has 3 heteroatoms. The first-order chi connectivity index (χ1) is 7.28. The van der Waals surface area contributed by atoms with Gasteiger partial charge < -0.3 is 10.1 Å². The summed E-state index contributed by atoms with van der Waals surface area (Å²) in [6, 6.07) is 8.07. The summed E-state index contributed by atoms with van der Waals surface area (Å²) in [6.07, 6.45) is 1.34. The minimum absolute atomic E-state index is 0.465. The van der Waals surface area contributed by atoms with E-state index in [0.717, 1.165) is 29.3 Å². The van der Waals surface area contributed by atoms with Gasteiger partial charge in [-0.15, -0.1) is 0 Å². The van der Waals surface area contributed by atoms with Crippen molar-refractivity contribution in [1.82, 2.24) is 5.32 Å². The van der Waals surface area contributed by atoms with E-state index in [0.29, 0.717) is 5.41 Å². The third-order valence-corrected chi connectivity index (χ3v) is 4.10. The van der Waals surface area contributed by atoms with Crippen LogP contribution in [0, 0.1) is 11.3 Å². The van der Waals surface area contributed by atoms with Crippen LogP contribution >= 0.6 is 15.9 Å². The van der Waals surface area contributed by atoms with E-state index in [9.17, 15) is 0 Å². The highest BCUT2D eigenvalue weighted by atomic mass is 79.9. The van der Waals surface area contributed by atoms with Gasteiger partial charge in [-0.25, -0.2) is 0 Å². The fourth-order valence-corrected chi connectivity index (χ4v) is 2.68. The molecule has 2 aliphatic rings. The zero-order valence-electron chi connectivity index (χ0n) is 8.50. The van der Waals surface area contributed by atoms with Gasteiger partial charge in [0, 0.05) is 16.4 Å². The SMILES string of the molecule is Brc1ccc(OCC23CNCC2C3)cc1. The number of piperidine rings is 1. The number of rotatable bonds is 3. The molecule has 0 radical (unpaired) electrons. The zero-order chi connectivity index (χ0) is 10.3. The fourth-order valence-electron chi connectivity index (χ4n) is 2.42. The molecule has 15 heavy (non-hydrogen) atoms. The number of hydrogen-bond acceptors (Lipinski definition) is 2. The minimum atomic E-state index is 0.465. The van der Waals surface area contributed by atoms with Gasteiger partial charge in [-0.2, -0.15) is 0 Å². The van der Waals surface area contributed by atoms with E-state index in [2.05, 4.69) is 21.2 Å². The predicted octanol–water partition coefficient (Wildman–Crippen LogP) is 2.44. The fraction of sp³-hybridized carbons (Fsp3) is 0.500. The van der Waals surface area contributed by atoms with Crippen LogP contribution in [0.4, 0.5) is 0 Å². The van der Waals surface area contributed by atoms with Crippen LogP contribution in [-0.2, 0) is 0 Å². The molecule has 1 aliphatic heterocycles. The first kappa shape index (κ1) is 9.67. The summed E-state index contributed by atoms with van der Waals surface area (Å²) in [7, 11) is 0. The second-order valence-corrected chi connectivity index (χ2v) is 5.55. The topological polar surface area (TPSA) is 21.3 Å². The minimum Gasteiger partial charge on any atom is -0.493 e. The van der Waals surface area contributed by atoms with Gasteiger partial charge in [0.2, 0.25) is 0 Å². The van der Waals surface area contributed by atoms with Crippen LogP contribution in [0.25, 0.3) is 0 Å². The van der Waals surface area contributed by atoms with Crippen molar-refractivity contribution in [1.29, 1.82) is 0 Å². The highest BCUT2D eigenvalue weighted by Crippen LogP contribution is 2.54. The largest absolute Gasteiger partial charge is 0.493 e. The van der Waals surface area contributed by atoms with Gasteiger partial charge in [0.05, 0.1) is 6.61 Å². The summed E-state index contributed by atoms with van der Waals surface area (Å²) in [5, 5.41) is 3.42. The maximum absolute atomic E-state index is 5.83. The summed E-state index contributed by atoms with van der Waals surface area (Å²) in [4.78, 5) is 0. The Morgan fingerprint density at radius 2 is 2.20 bits per heavy atom. The van der Waals surface area contributed by atoms with Gasteiger partial charge in [-0.05, 0) is 43.1 Å². The molecular formula is C12H14BrNO. The van der Waals surface area contributed by atoms with Crippen LogP contribution in [0.2, 0.25) is 0 Å². The van der Waals surface area contributed by atoms with Crippen LogP contribution in [0.1, 0.15) is 6.42 Å². The smallest absolute Gasteiger partial charge is 0.119 e. The number of halogens is 1. The first-order valence-electron chi connectivity index (χ1n) is 5.38. The molecule has 2 fully saturated rings. The molecule has 0 amide bonds. The van der Waals surface area contributed by atoms with Crippen LogP contribution < -0.4 is 10.1 Å². The first-order valence-corrected chi connectivity index (χ1v) is 6.17. The van der Waals surface area contributed by atoms with E-state index in [-0.39, 0.29) is 0 Å². The van der Waals surface area contributed by atoms with E-state index in [1.165, 1.54) is 13.0 Å². The number of ether oxygens (including phenoxy) is 1. The molecule has 3 rings (SSSR count). The molecule has 1 aromatic rings. The lowest BCUT2D eigenvalue weighted by Gasteiger charge is -2.13. The normalized spacial score (nSPS) is 32.5. The lowest BCUT2D eigenvalue weighted by molar-refractivity contribution is 0.236. The molecule has 80 valence electrons. The Kier molecular flexibility index (Phi) is 2.25. The maximum Gasteiger partial charge on any atom is 0.119 e. The Morgan fingerprint density at radius 3 is 2.80 bits per heavy atom. The molecule has 2 unspecified atom stereocenters. The predicted molar refractivity (Wildman–Crippen MR) is 63.0 cm³/mol. The monoisotopic (exact) mass is 267 g/mol. The van der Waals surface area contributed by atoms with Crippen molar-refractivity contribution in [3.05, 3.63) is 28.7 Å². The second kappa shape index (κ2) is 3.49. The Balaban J connectivity index is 1.60. The second-order valence-electron chi connectivity index (χ2n) is 4.64. The van der Waals surface area contributed by atoms with Gasteiger partial charge in [-0.3, -0.25) is 0 Å². The Hall–Kier alpha value is -0.540. The average molecular weight is 268 g/mol. The summed E-state index contributed by atoms with van der Waals surface area (Å²) in [6.45, 7) is 3.18. The van der Waals surface area contributed by atoms with E-state index in [4.69, 9.17) is 4.74 Å². The van der Waals surface area contributed by atoms with Crippen LogP contribution in [-0.4, -0.2) is 19.7 Å². The van der Waals surface area contributed by atoms with Gasteiger partial charge >= 0.3 is 0 Å². The quantitative estimate of drug-likeness (QED) is 0.909. The Bertz CT molecular complexity index is 364. The van der Waals surface area contributed by atoms with Crippen molar-refractivity contribution in [3.8, 4) is 5.75 Å². The zero-order valence-corrected chi connectivity index (χ0v) is 10.1. The Morgan fingerprint density at radius 1 is 1.40 bits per heavy atom. The van der Waals surface area contributed by atoms with Crippen molar-refractivity contribution in [2.45, 2.75) is 6.42 Å². The summed E-state index contributed by atoms with van der Waals surface area (Å²) in [5.74, 6) is 1.85. The highest BCUT2D eigenvalue weighted by molar-refractivity contribution is 9.10. The van der Waals surface area contributed by atoms with E-state index in [1.54, 1.807) is 0 Å². The van der Waals surface area contributed by atoms with Gasteiger partial charge in [0.15, 0.2) is 0 Å².